The van der Waals surface area contributed by atoms with Gasteiger partial charge in [0, 0.05) is 11.4 Å². The molecule has 1 fully saturated rings. The van der Waals surface area contributed by atoms with Crippen molar-refractivity contribution < 1.29 is 9.59 Å². The molecule has 1 atom stereocenters. The van der Waals surface area contributed by atoms with Gasteiger partial charge in [-0.15, -0.1) is 16.4 Å². The topological polar surface area (TPSA) is 88.1 Å². The molecule has 1 aromatic carbocycles. The molecule has 2 N–H and O–H groups in total. The van der Waals surface area contributed by atoms with Crippen LogP contribution in [0, 0.1) is 0 Å². The SMILES string of the molecule is C/C(=N/N=C(/N)S[C@H]1CC(=O)N(c2ccc(Cl)cc2)C1=O)c1ccc(Br)s1. The highest BCUT2D eigenvalue weighted by Crippen LogP contribution is 2.30. The zero-order valence-electron chi connectivity index (χ0n) is 14.1. The largest absolute Gasteiger partial charge is 0.377 e. The predicted molar refractivity (Wildman–Crippen MR) is 116 cm³/mol. The fraction of sp³-hybridized carbons (Fsp3) is 0.176. The lowest BCUT2D eigenvalue weighted by atomic mass is 10.3. The van der Waals surface area contributed by atoms with Crippen LogP contribution in [0.5, 0.6) is 0 Å². The quantitative estimate of drug-likeness (QED) is 0.303. The van der Waals surface area contributed by atoms with Gasteiger partial charge in [0.1, 0.15) is 5.25 Å². The number of nitrogens with two attached hydrogens (primary N) is 1. The Kier molecular flexibility index (Phi) is 6.36. The number of imide groups is 1. The highest BCUT2D eigenvalue weighted by molar-refractivity contribution is 9.11. The Morgan fingerprint density at radius 3 is 2.59 bits per heavy atom. The Bertz CT molecular complexity index is 943. The average molecular weight is 486 g/mol. The van der Waals surface area contributed by atoms with Crippen LogP contribution < -0.4 is 10.6 Å². The van der Waals surface area contributed by atoms with E-state index in [1.165, 1.54) is 11.3 Å². The Morgan fingerprint density at radius 2 is 1.96 bits per heavy atom. The van der Waals surface area contributed by atoms with Crippen molar-refractivity contribution in [1.29, 1.82) is 0 Å². The molecule has 1 aliphatic rings. The molecule has 0 spiro atoms. The van der Waals surface area contributed by atoms with E-state index < -0.39 is 5.25 Å². The van der Waals surface area contributed by atoms with Gasteiger partial charge in [-0.05, 0) is 59.3 Å². The summed E-state index contributed by atoms with van der Waals surface area (Å²) in [6.07, 6.45) is 0.0584. The van der Waals surface area contributed by atoms with Crippen molar-refractivity contribution in [3.8, 4) is 0 Å². The Labute approximate surface area is 177 Å². The summed E-state index contributed by atoms with van der Waals surface area (Å²) in [5, 5.41) is 8.13. The molecule has 1 saturated heterocycles. The molecule has 0 aliphatic carbocycles. The van der Waals surface area contributed by atoms with E-state index in [-0.39, 0.29) is 23.4 Å². The van der Waals surface area contributed by atoms with Gasteiger partial charge in [0.05, 0.1) is 20.1 Å². The number of halogens is 2. The highest BCUT2D eigenvalue weighted by Gasteiger charge is 2.40. The second-order valence-corrected chi connectivity index (χ2v) is 9.70. The molecule has 10 heteroatoms. The summed E-state index contributed by atoms with van der Waals surface area (Å²) in [5.41, 5.74) is 7.10. The number of amides is 2. The van der Waals surface area contributed by atoms with Crippen LogP contribution in [0.25, 0.3) is 0 Å². The monoisotopic (exact) mass is 484 g/mol. The first kappa shape index (κ1) is 20.1. The van der Waals surface area contributed by atoms with Crippen molar-refractivity contribution in [3.63, 3.8) is 0 Å². The second kappa shape index (κ2) is 8.55. The molecule has 2 heterocycles. The van der Waals surface area contributed by atoms with E-state index in [9.17, 15) is 9.59 Å². The van der Waals surface area contributed by atoms with E-state index in [1.54, 1.807) is 24.3 Å². The number of hydrogen-bond acceptors (Lipinski definition) is 6. The first-order valence-electron chi connectivity index (χ1n) is 7.77. The molecule has 0 unspecified atom stereocenters. The summed E-state index contributed by atoms with van der Waals surface area (Å²) < 4.78 is 0.996. The zero-order chi connectivity index (χ0) is 19.6. The van der Waals surface area contributed by atoms with E-state index in [4.69, 9.17) is 17.3 Å². The number of carbonyl (C=O) groups excluding carboxylic acids is 2. The molecular formula is C17H14BrClN4O2S2. The number of anilines is 1. The first-order valence-corrected chi connectivity index (χ1v) is 10.6. The minimum atomic E-state index is -0.622. The summed E-state index contributed by atoms with van der Waals surface area (Å²) >= 11 is 11.8. The van der Waals surface area contributed by atoms with Crippen molar-refractivity contribution >= 4 is 79.0 Å². The van der Waals surface area contributed by atoms with Crippen LogP contribution in [-0.4, -0.2) is 27.9 Å². The molecule has 2 amide bonds. The van der Waals surface area contributed by atoms with Crippen LogP contribution in [-0.2, 0) is 9.59 Å². The maximum absolute atomic E-state index is 12.6. The average Bonchev–Trinajstić information content (AvgIpc) is 3.18. The van der Waals surface area contributed by atoms with Gasteiger partial charge in [0.15, 0.2) is 5.17 Å². The van der Waals surface area contributed by atoms with Crippen LogP contribution >= 0.6 is 50.6 Å². The summed E-state index contributed by atoms with van der Waals surface area (Å²) in [7, 11) is 0. The van der Waals surface area contributed by atoms with E-state index in [1.807, 2.05) is 19.1 Å². The number of benzene rings is 1. The third kappa shape index (κ3) is 4.78. The number of nitrogens with zero attached hydrogens (tertiary/aromatic N) is 3. The Morgan fingerprint density at radius 1 is 1.26 bits per heavy atom. The van der Waals surface area contributed by atoms with Gasteiger partial charge in [-0.1, -0.05) is 23.4 Å². The maximum atomic E-state index is 12.6. The molecule has 1 aliphatic heterocycles. The van der Waals surface area contributed by atoms with Gasteiger partial charge < -0.3 is 5.73 Å². The van der Waals surface area contributed by atoms with Crippen LogP contribution in [0.15, 0.2) is 50.4 Å². The van der Waals surface area contributed by atoms with E-state index in [2.05, 4.69) is 26.1 Å². The van der Waals surface area contributed by atoms with Gasteiger partial charge in [0.25, 0.3) is 0 Å². The third-order valence-electron chi connectivity index (χ3n) is 3.68. The first-order chi connectivity index (χ1) is 12.8. The third-order valence-corrected chi connectivity index (χ3v) is 6.64. The molecule has 2 aromatic rings. The molecule has 140 valence electrons. The van der Waals surface area contributed by atoms with Gasteiger partial charge in [-0.2, -0.15) is 5.10 Å². The van der Waals surface area contributed by atoms with Crippen LogP contribution in [0.2, 0.25) is 5.02 Å². The lowest BCUT2D eigenvalue weighted by Gasteiger charge is -2.14. The van der Waals surface area contributed by atoms with E-state index in [0.29, 0.717) is 16.4 Å². The van der Waals surface area contributed by atoms with Crippen LogP contribution in [0.4, 0.5) is 5.69 Å². The fourth-order valence-corrected chi connectivity index (χ4v) is 4.67. The van der Waals surface area contributed by atoms with Gasteiger partial charge in [0.2, 0.25) is 11.8 Å². The smallest absolute Gasteiger partial charge is 0.247 e. The minimum Gasteiger partial charge on any atom is -0.377 e. The zero-order valence-corrected chi connectivity index (χ0v) is 18.0. The van der Waals surface area contributed by atoms with Crippen molar-refractivity contribution in [2.75, 3.05) is 4.90 Å². The molecule has 1 aromatic heterocycles. The number of amidine groups is 1. The molecule has 0 bridgehead atoms. The lowest BCUT2D eigenvalue weighted by Crippen LogP contribution is -2.31. The summed E-state index contributed by atoms with van der Waals surface area (Å²) in [6.45, 7) is 1.83. The summed E-state index contributed by atoms with van der Waals surface area (Å²) in [5.74, 6) is -0.607. The Hall–Kier alpha value is -1.68. The van der Waals surface area contributed by atoms with Crippen molar-refractivity contribution in [2.24, 2.45) is 15.9 Å². The standard InChI is InChI=1S/C17H14BrClN4O2S2/c1-9(12-6-7-14(18)26-12)21-22-17(20)27-13-8-15(24)23(16(13)25)11-4-2-10(19)3-5-11/h2-7,13H,8H2,1H3,(H2,20,22)/b21-9-/t13-/m0/s1. The number of hydrogen-bond donors (Lipinski definition) is 1. The maximum Gasteiger partial charge on any atom is 0.247 e. The second-order valence-electron chi connectivity index (χ2n) is 5.58. The number of thioether (sulfide) groups is 1. The van der Waals surface area contributed by atoms with Gasteiger partial charge in [-0.3, -0.25) is 9.59 Å². The van der Waals surface area contributed by atoms with E-state index in [0.717, 1.165) is 25.3 Å². The number of carbonyl (C=O) groups is 2. The molecule has 27 heavy (non-hydrogen) atoms. The van der Waals surface area contributed by atoms with Gasteiger partial charge in [-0.25, -0.2) is 4.90 Å². The number of rotatable bonds is 4. The van der Waals surface area contributed by atoms with Crippen LogP contribution in [0.3, 0.4) is 0 Å². The lowest BCUT2D eigenvalue weighted by molar-refractivity contribution is -0.121. The normalized spacial score (nSPS) is 18.5. The number of thiophene rings is 1. The summed E-state index contributed by atoms with van der Waals surface area (Å²) in [6, 6.07) is 10.4. The van der Waals surface area contributed by atoms with E-state index >= 15 is 0 Å². The predicted octanol–water partition coefficient (Wildman–Crippen LogP) is 4.27. The minimum absolute atomic E-state index is 0.0584. The van der Waals surface area contributed by atoms with Crippen molar-refractivity contribution in [1.82, 2.24) is 0 Å². The van der Waals surface area contributed by atoms with Crippen molar-refractivity contribution in [3.05, 3.63) is 50.1 Å². The molecule has 0 saturated carbocycles. The molecular weight excluding hydrogens is 472 g/mol. The Balaban J connectivity index is 1.69. The molecule has 0 radical (unpaired) electrons. The fourth-order valence-electron chi connectivity index (χ4n) is 2.41. The molecule has 3 rings (SSSR count). The van der Waals surface area contributed by atoms with Crippen LogP contribution in [0.1, 0.15) is 18.2 Å². The van der Waals surface area contributed by atoms with Crippen molar-refractivity contribution in [2.45, 2.75) is 18.6 Å². The van der Waals surface area contributed by atoms with Gasteiger partial charge >= 0.3 is 0 Å². The summed E-state index contributed by atoms with van der Waals surface area (Å²) in [4.78, 5) is 27.0. The molecule has 6 nitrogen and oxygen atoms in total. The highest BCUT2D eigenvalue weighted by atomic mass is 79.9.